The molecule has 1 aliphatic carbocycles. The van der Waals surface area contributed by atoms with E-state index in [1.807, 2.05) is 0 Å². The molecule has 0 radical (unpaired) electrons. The van der Waals surface area contributed by atoms with Crippen LogP contribution in [0.1, 0.15) is 127 Å². The van der Waals surface area contributed by atoms with E-state index >= 15 is 0 Å². The van der Waals surface area contributed by atoms with Crippen molar-refractivity contribution in [3.05, 3.63) is 59.2 Å². The average Bonchev–Trinajstić information content (AvgIpc) is 2.87. The molecular weight excluding hydrogens is 396 g/mol. The molecule has 0 aliphatic heterocycles. The number of hydrogen-bond acceptors (Lipinski definition) is 0. The van der Waals surface area contributed by atoms with Crippen LogP contribution in [0.5, 0.6) is 0 Å². The molecule has 0 nitrogen and oxygen atoms in total. The Morgan fingerprint density at radius 3 is 2.15 bits per heavy atom. The number of aryl methyl sites for hydroxylation is 2. The van der Waals surface area contributed by atoms with Gasteiger partial charge in [0.25, 0.3) is 0 Å². The number of rotatable bonds is 13. The van der Waals surface area contributed by atoms with Crippen LogP contribution in [0.4, 0.5) is 0 Å². The third-order valence-corrected chi connectivity index (χ3v) is 8.54. The molecular formula is C33H50. The van der Waals surface area contributed by atoms with Crippen LogP contribution < -0.4 is 0 Å². The number of hydrogen-bond donors (Lipinski definition) is 0. The zero-order chi connectivity index (χ0) is 23.5. The topological polar surface area (TPSA) is 0 Å². The summed E-state index contributed by atoms with van der Waals surface area (Å²) >= 11 is 0. The maximum Gasteiger partial charge on any atom is -0.0152 e. The minimum Gasteiger partial charge on any atom is -0.0654 e. The second-order valence-electron chi connectivity index (χ2n) is 10.8. The lowest BCUT2D eigenvalue weighted by Crippen LogP contribution is -2.13. The second-order valence-corrected chi connectivity index (χ2v) is 10.8. The summed E-state index contributed by atoms with van der Waals surface area (Å²) in [6, 6.07) is 16.9. The summed E-state index contributed by atoms with van der Waals surface area (Å²) in [6.45, 7) is 9.29. The Balaban J connectivity index is 1.57. The van der Waals surface area contributed by atoms with Crippen LogP contribution in [0, 0.1) is 11.8 Å². The lowest BCUT2D eigenvalue weighted by Gasteiger charge is -2.29. The van der Waals surface area contributed by atoms with Gasteiger partial charge in [0.2, 0.25) is 0 Å². The van der Waals surface area contributed by atoms with E-state index in [1.54, 1.807) is 5.56 Å². The Morgan fingerprint density at radius 2 is 1.52 bits per heavy atom. The molecule has 0 saturated heterocycles. The molecule has 0 amide bonds. The molecule has 0 aromatic heterocycles. The van der Waals surface area contributed by atoms with Crippen LogP contribution in [-0.2, 0) is 12.8 Å². The molecule has 1 aliphatic rings. The molecule has 2 aromatic rings. The third-order valence-electron chi connectivity index (χ3n) is 8.54. The Morgan fingerprint density at radius 1 is 0.788 bits per heavy atom. The monoisotopic (exact) mass is 446 g/mol. The highest BCUT2D eigenvalue weighted by molar-refractivity contribution is 5.68. The van der Waals surface area contributed by atoms with Gasteiger partial charge in [-0.15, -0.1) is 0 Å². The molecule has 3 rings (SSSR count). The van der Waals surface area contributed by atoms with Gasteiger partial charge in [0.15, 0.2) is 0 Å². The Kier molecular flexibility index (Phi) is 11.0. The van der Waals surface area contributed by atoms with Gasteiger partial charge in [-0.1, -0.05) is 115 Å². The lowest BCUT2D eigenvalue weighted by atomic mass is 9.77. The van der Waals surface area contributed by atoms with E-state index in [2.05, 4.69) is 70.2 Å². The van der Waals surface area contributed by atoms with Crippen LogP contribution in [-0.4, -0.2) is 0 Å². The summed E-state index contributed by atoms with van der Waals surface area (Å²) < 4.78 is 0. The van der Waals surface area contributed by atoms with Crippen molar-refractivity contribution in [3.63, 3.8) is 0 Å². The van der Waals surface area contributed by atoms with Crippen molar-refractivity contribution in [1.29, 1.82) is 0 Å². The summed E-state index contributed by atoms with van der Waals surface area (Å²) in [5, 5.41) is 0. The molecule has 0 atom stereocenters. The van der Waals surface area contributed by atoms with Crippen molar-refractivity contribution in [2.75, 3.05) is 0 Å². The fourth-order valence-corrected chi connectivity index (χ4v) is 6.07. The Bertz CT molecular complexity index is 787. The molecule has 2 aromatic carbocycles. The average molecular weight is 447 g/mol. The van der Waals surface area contributed by atoms with Gasteiger partial charge in [0, 0.05) is 0 Å². The quantitative estimate of drug-likeness (QED) is 0.268. The highest BCUT2D eigenvalue weighted by Crippen LogP contribution is 2.38. The largest absolute Gasteiger partial charge is 0.0654 e. The van der Waals surface area contributed by atoms with Crippen LogP contribution in [0.3, 0.4) is 0 Å². The minimum atomic E-state index is 0.782. The predicted molar refractivity (Wildman–Crippen MR) is 147 cm³/mol. The van der Waals surface area contributed by atoms with Crippen molar-refractivity contribution in [2.45, 2.75) is 124 Å². The SMILES string of the molecule is CCCCCC1CCC(c2ccc(-c3ccc(CCCC(CC)CC)cc3CC)cc2)CC1. The molecule has 0 N–H and O–H groups in total. The third kappa shape index (κ3) is 7.73. The van der Waals surface area contributed by atoms with Crippen molar-refractivity contribution in [2.24, 2.45) is 11.8 Å². The highest BCUT2D eigenvalue weighted by atomic mass is 14.3. The maximum atomic E-state index is 2.48. The fourth-order valence-electron chi connectivity index (χ4n) is 6.07. The van der Waals surface area contributed by atoms with Gasteiger partial charge >= 0.3 is 0 Å². The van der Waals surface area contributed by atoms with E-state index in [-0.39, 0.29) is 0 Å². The van der Waals surface area contributed by atoms with Crippen molar-refractivity contribution < 1.29 is 0 Å². The first kappa shape index (κ1) is 26.1. The maximum absolute atomic E-state index is 2.48. The summed E-state index contributed by atoms with van der Waals surface area (Å²) in [5.74, 6) is 2.68. The van der Waals surface area contributed by atoms with E-state index in [0.29, 0.717) is 0 Å². The predicted octanol–water partition coefficient (Wildman–Crippen LogP) is 10.5. The summed E-state index contributed by atoms with van der Waals surface area (Å²) in [5.41, 5.74) is 7.44. The van der Waals surface area contributed by atoms with Gasteiger partial charge in [0.05, 0.1) is 0 Å². The standard InChI is InChI=1S/C33H50/c1-5-9-10-12-27-15-18-30(19-16-27)31-20-22-32(23-21-31)33-24-17-28(25-29(33)8-4)14-11-13-26(6-2)7-3/h17,20-27,30H,5-16,18-19H2,1-4H3. The van der Waals surface area contributed by atoms with Crippen molar-refractivity contribution >= 4 is 0 Å². The molecule has 33 heavy (non-hydrogen) atoms. The van der Waals surface area contributed by atoms with E-state index in [9.17, 15) is 0 Å². The van der Waals surface area contributed by atoms with Gasteiger partial charge in [0.1, 0.15) is 0 Å². The highest BCUT2D eigenvalue weighted by Gasteiger charge is 2.22. The summed E-state index contributed by atoms with van der Waals surface area (Å²) in [7, 11) is 0. The number of unbranched alkanes of at least 4 members (excludes halogenated alkanes) is 2. The fraction of sp³-hybridized carbons (Fsp3) is 0.636. The van der Waals surface area contributed by atoms with Crippen LogP contribution in [0.15, 0.2) is 42.5 Å². The first-order valence-corrected chi connectivity index (χ1v) is 14.4. The van der Waals surface area contributed by atoms with E-state index in [1.165, 1.54) is 106 Å². The second kappa shape index (κ2) is 14.0. The molecule has 1 fully saturated rings. The molecule has 0 bridgehead atoms. The molecule has 1 saturated carbocycles. The van der Waals surface area contributed by atoms with Gasteiger partial charge in [-0.2, -0.15) is 0 Å². The minimum absolute atomic E-state index is 0.782. The van der Waals surface area contributed by atoms with Crippen molar-refractivity contribution in [3.8, 4) is 11.1 Å². The smallest absolute Gasteiger partial charge is 0.0152 e. The molecule has 0 spiro atoms. The van der Waals surface area contributed by atoms with Crippen LogP contribution >= 0.6 is 0 Å². The first-order chi connectivity index (χ1) is 16.2. The van der Waals surface area contributed by atoms with Crippen LogP contribution in [0.25, 0.3) is 11.1 Å². The lowest BCUT2D eigenvalue weighted by molar-refractivity contribution is 0.303. The van der Waals surface area contributed by atoms with E-state index in [0.717, 1.165) is 24.2 Å². The van der Waals surface area contributed by atoms with E-state index in [4.69, 9.17) is 0 Å². The van der Waals surface area contributed by atoms with Gasteiger partial charge in [-0.05, 0) is 90.5 Å². The molecule has 0 heteroatoms. The van der Waals surface area contributed by atoms with Gasteiger partial charge in [-0.25, -0.2) is 0 Å². The van der Waals surface area contributed by atoms with E-state index < -0.39 is 0 Å². The summed E-state index contributed by atoms with van der Waals surface area (Å²) in [4.78, 5) is 0. The molecule has 0 heterocycles. The Hall–Kier alpha value is -1.56. The zero-order valence-corrected chi connectivity index (χ0v) is 22.2. The first-order valence-electron chi connectivity index (χ1n) is 14.4. The van der Waals surface area contributed by atoms with Gasteiger partial charge in [-0.3, -0.25) is 0 Å². The van der Waals surface area contributed by atoms with Crippen molar-refractivity contribution in [1.82, 2.24) is 0 Å². The van der Waals surface area contributed by atoms with Gasteiger partial charge < -0.3 is 0 Å². The zero-order valence-electron chi connectivity index (χ0n) is 22.2. The molecule has 0 unspecified atom stereocenters. The summed E-state index contributed by atoms with van der Waals surface area (Å²) in [6.07, 6.45) is 19.0. The molecule has 182 valence electrons. The number of benzene rings is 2. The Labute approximate surface area is 205 Å². The van der Waals surface area contributed by atoms with Crippen LogP contribution in [0.2, 0.25) is 0 Å². The normalized spacial score (nSPS) is 18.7.